The van der Waals surface area contributed by atoms with Crippen LogP contribution < -0.4 is 5.56 Å². The first-order chi connectivity index (χ1) is 11.2. The number of carboxylic acids is 1. The van der Waals surface area contributed by atoms with E-state index in [1.54, 1.807) is 18.3 Å². The van der Waals surface area contributed by atoms with Gasteiger partial charge < -0.3 is 10.1 Å². The van der Waals surface area contributed by atoms with Crippen LogP contribution in [0.2, 0.25) is 0 Å². The van der Waals surface area contributed by atoms with Gasteiger partial charge in [-0.3, -0.25) is 9.59 Å². The van der Waals surface area contributed by atoms with Crippen LogP contribution in [-0.2, 0) is 17.6 Å². The zero-order valence-electron chi connectivity index (χ0n) is 14.3. The zero-order chi connectivity index (χ0) is 17.6. The first-order valence-electron chi connectivity index (χ1n) is 8.11. The number of thiophene rings is 1. The Morgan fingerprint density at radius 3 is 2.79 bits per heavy atom. The van der Waals surface area contributed by atoms with Crippen molar-refractivity contribution in [3.63, 3.8) is 0 Å². The smallest absolute Gasteiger partial charge is 0.316 e. The minimum atomic E-state index is -0.916. The van der Waals surface area contributed by atoms with Gasteiger partial charge in [-0.05, 0) is 43.1 Å². The molecule has 0 fully saturated rings. The molecule has 0 radical (unpaired) electrons. The lowest BCUT2D eigenvalue weighted by Gasteiger charge is -2.33. The van der Waals surface area contributed by atoms with Gasteiger partial charge in [-0.15, -0.1) is 11.3 Å². The molecule has 0 saturated carbocycles. The molecule has 2 N–H and O–H groups in total. The molecule has 0 aliphatic heterocycles. The number of rotatable bonds is 3. The lowest BCUT2D eigenvalue weighted by molar-refractivity contribution is -0.136. The number of aromatic amines is 1. The Labute approximate surface area is 148 Å². The van der Waals surface area contributed by atoms with Gasteiger partial charge in [0.2, 0.25) is 0 Å². The van der Waals surface area contributed by atoms with Gasteiger partial charge >= 0.3 is 5.97 Å². The topological polar surface area (TPSA) is 83.0 Å². The minimum absolute atomic E-state index is 0.146. The van der Waals surface area contributed by atoms with Crippen LogP contribution in [0.15, 0.2) is 9.95 Å². The average Bonchev–Trinajstić information content (AvgIpc) is 2.83. The first-order valence-corrected chi connectivity index (χ1v) is 9.80. The Balaban J connectivity index is 1.99. The molecule has 0 amide bonds. The van der Waals surface area contributed by atoms with E-state index in [2.05, 4.69) is 30.7 Å². The van der Waals surface area contributed by atoms with Crippen molar-refractivity contribution in [3.8, 4) is 0 Å². The number of carbonyl (C=O) groups is 1. The number of aromatic nitrogens is 2. The van der Waals surface area contributed by atoms with Crippen LogP contribution in [0, 0.1) is 11.3 Å². The van der Waals surface area contributed by atoms with E-state index in [1.807, 2.05) is 0 Å². The highest BCUT2D eigenvalue weighted by molar-refractivity contribution is 8.00. The maximum absolute atomic E-state index is 12.5. The molecular weight excluding hydrogens is 344 g/mol. The van der Waals surface area contributed by atoms with Crippen LogP contribution in [0.4, 0.5) is 0 Å². The number of nitrogens with zero attached hydrogens (tertiary/aromatic N) is 1. The summed E-state index contributed by atoms with van der Waals surface area (Å²) in [5.41, 5.74) is 1.25. The molecule has 1 aliphatic rings. The zero-order valence-corrected chi connectivity index (χ0v) is 15.9. The molecule has 0 spiro atoms. The fourth-order valence-corrected chi connectivity index (χ4v) is 5.27. The Bertz CT molecular complexity index is 848. The van der Waals surface area contributed by atoms with E-state index < -0.39 is 11.2 Å². The normalized spacial score (nSPS) is 19.2. The van der Waals surface area contributed by atoms with Crippen molar-refractivity contribution in [1.29, 1.82) is 0 Å². The SMILES string of the molecule is CC(Sc1nc2sc3c(c2c(=O)[nH]1)CCC(C(C)(C)C)C3)C(=O)O. The van der Waals surface area contributed by atoms with Gasteiger partial charge in [-0.25, -0.2) is 4.98 Å². The molecule has 2 unspecified atom stereocenters. The Kier molecular flexibility index (Phi) is 4.51. The number of fused-ring (bicyclic) bond motifs is 3. The largest absolute Gasteiger partial charge is 0.480 e. The second kappa shape index (κ2) is 6.19. The highest BCUT2D eigenvalue weighted by Crippen LogP contribution is 2.42. The van der Waals surface area contributed by atoms with Crippen LogP contribution >= 0.6 is 23.1 Å². The third-order valence-corrected chi connectivity index (χ3v) is 6.88. The van der Waals surface area contributed by atoms with Gasteiger partial charge in [0.15, 0.2) is 5.16 Å². The molecule has 2 aromatic rings. The molecule has 1 aliphatic carbocycles. The van der Waals surface area contributed by atoms with Crippen LogP contribution in [0.25, 0.3) is 10.2 Å². The molecule has 7 heteroatoms. The number of thioether (sulfide) groups is 1. The summed E-state index contributed by atoms with van der Waals surface area (Å²) in [4.78, 5) is 32.8. The third-order valence-electron chi connectivity index (χ3n) is 4.76. The van der Waals surface area contributed by atoms with E-state index in [-0.39, 0.29) is 11.0 Å². The Morgan fingerprint density at radius 2 is 2.17 bits per heavy atom. The summed E-state index contributed by atoms with van der Waals surface area (Å²) in [6, 6.07) is 0. The van der Waals surface area contributed by atoms with Crippen molar-refractivity contribution in [2.45, 2.75) is 57.4 Å². The second-order valence-corrected chi connectivity index (χ2v) is 9.87. The molecule has 24 heavy (non-hydrogen) atoms. The number of hydrogen-bond donors (Lipinski definition) is 2. The molecule has 0 bridgehead atoms. The quantitative estimate of drug-likeness (QED) is 0.639. The monoisotopic (exact) mass is 366 g/mol. The third kappa shape index (κ3) is 3.24. The van der Waals surface area contributed by atoms with Crippen molar-refractivity contribution in [3.05, 3.63) is 20.8 Å². The molecule has 2 heterocycles. The molecule has 5 nitrogen and oxygen atoms in total. The predicted octanol–water partition coefficient (Wildman–Crippen LogP) is 3.70. The summed E-state index contributed by atoms with van der Waals surface area (Å²) < 4.78 is 0. The van der Waals surface area contributed by atoms with E-state index in [1.165, 1.54) is 4.88 Å². The van der Waals surface area contributed by atoms with Gasteiger partial charge in [0.25, 0.3) is 5.56 Å². The maximum atomic E-state index is 12.5. The maximum Gasteiger partial charge on any atom is 0.316 e. The second-order valence-electron chi connectivity index (χ2n) is 7.46. The van der Waals surface area contributed by atoms with E-state index in [0.717, 1.165) is 41.4 Å². The highest BCUT2D eigenvalue weighted by atomic mass is 32.2. The fraction of sp³-hybridized carbons (Fsp3) is 0.588. The predicted molar refractivity (Wildman–Crippen MR) is 98.2 cm³/mol. The number of H-pyrrole nitrogens is 1. The number of aryl methyl sites for hydroxylation is 1. The van der Waals surface area contributed by atoms with Crippen LogP contribution in [0.1, 0.15) is 44.6 Å². The average molecular weight is 367 g/mol. The van der Waals surface area contributed by atoms with Crippen LogP contribution in [0.3, 0.4) is 0 Å². The van der Waals surface area contributed by atoms with Gasteiger partial charge in [-0.1, -0.05) is 32.5 Å². The fourth-order valence-electron chi connectivity index (χ4n) is 3.18. The number of carboxylic acid groups (broad SMARTS) is 1. The molecule has 2 atom stereocenters. The van der Waals surface area contributed by atoms with Gasteiger partial charge in [0.05, 0.1) is 5.39 Å². The van der Waals surface area contributed by atoms with E-state index in [4.69, 9.17) is 5.11 Å². The Morgan fingerprint density at radius 1 is 1.46 bits per heavy atom. The summed E-state index contributed by atoms with van der Waals surface area (Å²) in [6.07, 6.45) is 3.00. The lowest BCUT2D eigenvalue weighted by Crippen LogP contribution is -2.26. The molecule has 3 rings (SSSR count). The van der Waals surface area contributed by atoms with Crippen molar-refractivity contribution < 1.29 is 9.90 Å². The van der Waals surface area contributed by atoms with Crippen molar-refractivity contribution in [2.24, 2.45) is 11.3 Å². The van der Waals surface area contributed by atoms with Crippen molar-refractivity contribution >= 4 is 39.3 Å². The van der Waals surface area contributed by atoms with Gasteiger partial charge in [-0.2, -0.15) is 0 Å². The summed E-state index contributed by atoms with van der Waals surface area (Å²) >= 11 is 2.66. The van der Waals surface area contributed by atoms with Gasteiger partial charge in [0.1, 0.15) is 10.1 Å². The van der Waals surface area contributed by atoms with Crippen LogP contribution in [-0.4, -0.2) is 26.3 Å². The summed E-state index contributed by atoms with van der Waals surface area (Å²) in [5, 5.41) is 9.46. The highest BCUT2D eigenvalue weighted by Gasteiger charge is 2.31. The van der Waals surface area contributed by atoms with E-state index >= 15 is 0 Å². The molecule has 130 valence electrons. The molecular formula is C17H22N2O3S2. The van der Waals surface area contributed by atoms with Crippen molar-refractivity contribution in [1.82, 2.24) is 9.97 Å². The summed E-state index contributed by atoms with van der Waals surface area (Å²) in [5.74, 6) is -0.306. The van der Waals surface area contributed by atoms with Crippen LogP contribution in [0.5, 0.6) is 0 Å². The molecule has 2 aromatic heterocycles. The van der Waals surface area contributed by atoms with E-state index in [9.17, 15) is 9.59 Å². The summed E-state index contributed by atoms with van der Waals surface area (Å²) in [7, 11) is 0. The Hall–Kier alpha value is -1.34. The number of hydrogen-bond acceptors (Lipinski definition) is 5. The van der Waals surface area contributed by atoms with Gasteiger partial charge in [0, 0.05) is 4.88 Å². The number of nitrogens with one attached hydrogen (secondary N) is 1. The van der Waals surface area contributed by atoms with Crippen molar-refractivity contribution in [2.75, 3.05) is 0 Å². The summed E-state index contributed by atoms with van der Waals surface area (Å²) in [6.45, 7) is 8.39. The number of aliphatic carboxylic acids is 1. The van der Waals surface area contributed by atoms with E-state index in [0.29, 0.717) is 16.5 Å². The molecule has 0 saturated heterocycles. The lowest BCUT2D eigenvalue weighted by atomic mass is 9.72. The standard InChI is InChI=1S/C17H22N2O3S2/c1-8(15(21)22)23-16-18-13(20)12-10-6-5-9(17(2,3)4)7-11(10)24-14(12)19-16/h8-9H,5-7H2,1-4H3,(H,21,22)(H,18,19,20). The first kappa shape index (κ1) is 17.5. The minimum Gasteiger partial charge on any atom is -0.480 e. The molecule has 0 aromatic carbocycles.